The van der Waals surface area contributed by atoms with Gasteiger partial charge in [-0.2, -0.15) is 0 Å². The van der Waals surface area contributed by atoms with Gasteiger partial charge in [-0.25, -0.2) is 4.98 Å². The number of ether oxygens (including phenoxy) is 1. The van der Waals surface area contributed by atoms with Crippen LogP contribution in [0, 0.1) is 6.92 Å². The van der Waals surface area contributed by atoms with E-state index in [-0.39, 0.29) is 17.2 Å². The largest absolute Gasteiger partial charge is 0.494 e. The maximum Gasteiger partial charge on any atom is 0.210 e. The van der Waals surface area contributed by atoms with Crippen molar-refractivity contribution in [2.75, 3.05) is 31.2 Å². The Labute approximate surface area is 188 Å². The topological polar surface area (TPSA) is 78.4 Å². The van der Waals surface area contributed by atoms with Gasteiger partial charge in [-0.1, -0.05) is 23.7 Å². The molecule has 158 valence electrons. The molecule has 5 rings (SSSR count). The Balaban J connectivity index is 1.55. The van der Waals surface area contributed by atoms with Crippen LogP contribution in [0.3, 0.4) is 0 Å². The number of aryl methyl sites for hydroxylation is 1. The number of hydrogen-bond acceptors (Lipinski definition) is 6. The number of morpholine rings is 1. The highest BCUT2D eigenvalue weighted by molar-refractivity contribution is 7.13. The fourth-order valence-corrected chi connectivity index (χ4v) is 4.91. The number of aromatic nitrogens is 2. The second-order valence-electron chi connectivity index (χ2n) is 7.45. The normalized spacial score (nSPS) is 14.3. The molecule has 8 heteroatoms. The van der Waals surface area contributed by atoms with Crippen LogP contribution in [0.25, 0.3) is 22.0 Å². The number of anilines is 1. The van der Waals surface area contributed by atoms with Crippen molar-refractivity contribution in [1.29, 1.82) is 0 Å². The molecular weight excluding hydrogens is 434 g/mol. The molecule has 0 spiro atoms. The van der Waals surface area contributed by atoms with E-state index in [2.05, 4.69) is 27.0 Å². The highest BCUT2D eigenvalue weighted by Gasteiger charge is 2.23. The lowest BCUT2D eigenvalue weighted by atomic mass is 10.0. The number of benzene rings is 2. The lowest BCUT2D eigenvalue weighted by molar-refractivity contribution is 0.104. The molecule has 0 bridgehead atoms. The first kappa shape index (κ1) is 20.1. The first-order chi connectivity index (χ1) is 15.0. The van der Waals surface area contributed by atoms with Gasteiger partial charge in [0.05, 0.1) is 39.2 Å². The van der Waals surface area contributed by atoms with E-state index in [4.69, 9.17) is 16.3 Å². The van der Waals surface area contributed by atoms with Gasteiger partial charge in [-0.15, -0.1) is 11.3 Å². The zero-order chi connectivity index (χ0) is 21.5. The third-order valence-corrected chi connectivity index (χ3v) is 6.72. The zero-order valence-electron chi connectivity index (χ0n) is 16.8. The van der Waals surface area contributed by atoms with E-state index in [0.717, 1.165) is 48.1 Å². The Morgan fingerprint density at radius 3 is 2.65 bits per heavy atom. The molecule has 31 heavy (non-hydrogen) atoms. The second-order valence-corrected chi connectivity index (χ2v) is 9.09. The van der Waals surface area contributed by atoms with Gasteiger partial charge in [0.2, 0.25) is 11.7 Å². The maximum atomic E-state index is 13.0. The minimum absolute atomic E-state index is 0.165. The molecule has 1 saturated heterocycles. The lowest BCUT2D eigenvalue weighted by Gasteiger charge is -2.29. The molecule has 2 aromatic heterocycles. The first-order valence-corrected chi connectivity index (χ1v) is 11.1. The predicted molar refractivity (Wildman–Crippen MR) is 124 cm³/mol. The van der Waals surface area contributed by atoms with E-state index >= 15 is 0 Å². The Bertz CT molecular complexity index is 1270. The summed E-state index contributed by atoms with van der Waals surface area (Å²) in [5.74, 6) is -0.424. The predicted octanol–water partition coefficient (Wildman–Crippen LogP) is 5.03. The highest BCUT2D eigenvalue weighted by atomic mass is 35.5. The maximum absolute atomic E-state index is 13.0. The molecule has 3 heterocycles. The van der Waals surface area contributed by atoms with Crippen LogP contribution in [-0.2, 0) is 4.74 Å². The number of hydrogen-bond donors (Lipinski definition) is 2. The first-order valence-electron chi connectivity index (χ1n) is 9.95. The number of aromatic hydroxyl groups is 1. The second kappa shape index (κ2) is 8.00. The van der Waals surface area contributed by atoms with E-state index < -0.39 is 0 Å². The van der Waals surface area contributed by atoms with Gasteiger partial charge in [0.15, 0.2) is 0 Å². The summed E-state index contributed by atoms with van der Waals surface area (Å²) >= 11 is 7.87. The quantitative estimate of drug-likeness (QED) is 0.424. The van der Waals surface area contributed by atoms with Crippen LogP contribution in [0.1, 0.15) is 20.2 Å². The van der Waals surface area contributed by atoms with Gasteiger partial charge >= 0.3 is 0 Å². The van der Waals surface area contributed by atoms with Gasteiger partial charge in [0, 0.05) is 35.9 Å². The van der Waals surface area contributed by atoms with Crippen LogP contribution < -0.4 is 4.90 Å². The Morgan fingerprint density at radius 2 is 1.97 bits per heavy atom. The zero-order valence-corrected chi connectivity index (χ0v) is 18.4. The number of halogens is 1. The van der Waals surface area contributed by atoms with Crippen molar-refractivity contribution in [1.82, 2.24) is 9.97 Å². The summed E-state index contributed by atoms with van der Waals surface area (Å²) in [7, 11) is 0. The molecule has 0 saturated carbocycles. The lowest BCUT2D eigenvalue weighted by Crippen LogP contribution is -2.36. The standard InChI is InChI=1S/C23H20ClN3O3S/c1-13-25-12-20(31-13)22(28)21-17-10-16(18(24)11-19(17)26-23(21)29)14-2-4-15(5-3-14)27-6-8-30-9-7-27/h2-5,10-12,26,29H,6-9H2,1H3. The fourth-order valence-electron chi connectivity index (χ4n) is 3.92. The summed E-state index contributed by atoms with van der Waals surface area (Å²) in [5.41, 5.74) is 3.73. The molecule has 0 aliphatic carbocycles. The van der Waals surface area contributed by atoms with E-state index in [9.17, 15) is 9.90 Å². The van der Waals surface area contributed by atoms with Crippen molar-refractivity contribution in [2.45, 2.75) is 6.92 Å². The molecule has 4 aromatic rings. The smallest absolute Gasteiger partial charge is 0.210 e. The van der Waals surface area contributed by atoms with Crippen molar-refractivity contribution >= 4 is 45.3 Å². The highest BCUT2D eigenvalue weighted by Crippen LogP contribution is 2.38. The average molecular weight is 454 g/mol. The molecule has 1 aliphatic rings. The Kier molecular flexibility index (Phi) is 5.17. The van der Waals surface area contributed by atoms with Gasteiger partial charge < -0.3 is 19.7 Å². The summed E-state index contributed by atoms with van der Waals surface area (Å²) in [6, 6.07) is 11.8. The Hall–Kier alpha value is -2.87. The summed E-state index contributed by atoms with van der Waals surface area (Å²) < 4.78 is 5.42. The number of ketones is 1. The van der Waals surface area contributed by atoms with Crippen molar-refractivity contribution < 1.29 is 14.6 Å². The minimum Gasteiger partial charge on any atom is -0.494 e. The number of carbonyl (C=O) groups excluding carboxylic acids is 1. The number of carbonyl (C=O) groups is 1. The third kappa shape index (κ3) is 3.69. The van der Waals surface area contributed by atoms with E-state index in [1.54, 1.807) is 12.3 Å². The van der Waals surface area contributed by atoms with E-state index in [1.165, 1.54) is 11.3 Å². The monoisotopic (exact) mass is 453 g/mol. The minimum atomic E-state index is -0.259. The van der Waals surface area contributed by atoms with E-state index in [1.807, 2.05) is 25.1 Å². The van der Waals surface area contributed by atoms with Crippen molar-refractivity contribution in [2.24, 2.45) is 0 Å². The van der Waals surface area contributed by atoms with Crippen LogP contribution in [0.5, 0.6) is 5.88 Å². The number of rotatable bonds is 4. The van der Waals surface area contributed by atoms with Crippen LogP contribution in [0.4, 0.5) is 5.69 Å². The molecule has 2 N–H and O–H groups in total. The molecule has 0 amide bonds. The summed E-state index contributed by atoms with van der Waals surface area (Å²) in [6.45, 7) is 5.05. The number of H-pyrrole nitrogens is 1. The van der Waals surface area contributed by atoms with Crippen molar-refractivity contribution in [3.63, 3.8) is 0 Å². The van der Waals surface area contributed by atoms with Crippen LogP contribution in [0.2, 0.25) is 5.02 Å². The number of fused-ring (bicyclic) bond motifs is 1. The van der Waals surface area contributed by atoms with E-state index in [0.29, 0.717) is 20.8 Å². The van der Waals surface area contributed by atoms with Crippen LogP contribution in [-0.4, -0.2) is 47.2 Å². The fraction of sp³-hybridized carbons (Fsp3) is 0.217. The number of nitrogens with zero attached hydrogens (tertiary/aromatic N) is 2. The Morgan fingerprint density at radius 1 is 1.23 bits per heavy atom. The van der Waals surface area contributed by atoms with Crippen molar-refractivity contribution in [3.05, 3.63) is 63.1 Å². The summed E-state index contributed by atoms with van der Waals surface area (Å²) in [6.07, 6.45) is 1.54. The van der Waals surface area contributed by atoms with Gasteiger partial charge in [-0.3, -0.25) is 4.79 Å². The van der Waals surface area contributed by atoms with Gasteiger partial charge in [0.25, 0.3) is 0 Å². The number of thiazole rings is 1. The average Bonchev–Trinajstić information content (AvgIpc) is 3.35. The molecule has 1 fully saturated rings. The van der Waals surface area contributed by atoms with Crippen LogP contribution >= 0.6 is 22.9 Å². The van der Waals surface area contributed by atoms with Crippen molar-refractivity contribution in [3.8, 4) is 17.0 Å². The summed E-state index contributed by atoms with van der Waals surface area (Å²) in [5, 5.41) is 12.4. The molecule has 0 radical (unpaired) electrons. The molecule has 1 aliphatic heterocycles. The third-order valence-electron chi connectivity index (χ3n) is 5.49. The van der Waals surface area contributed by atoms with Gasteiger partial charge in [-0.05, 0) is 36.8 Å². The van der Waals surface area contributed by atoms with Gasteiger partial charge in [0.1, 0.15) is 0 Å². The van der Waals surface area contributed by atoms with Crippen LogP contribution in [0.15, 0.2) is 42.6 Å². The number of aromatic amines is 1. The molecular formula is C23H20ClN3O3S. The molecule has 6 nitrogen and oxygen atoms in total. The molecule has 0 atom stereocenters. The SMILES string of the molecule is Cc1ncc(C(=O)c2c(O)[nH]c3cc(Cl)c(-c4ccc(N5CCOCC5)cc4)cc23)s1. The number of nitrogens with one attached hydrogen (secondary N) is 1. The molecule has 0 unspecified atom stereocenters. The molecule has 2 aromatic carbocycles. The summed E-state index contributed by atoms with van der Waals surface area (Å²) in [4.78, 5) is 22.9.